The van der Waals surface area contributed by atoms with E-state index in [9.17, 15) is 13.2 Å². The van der Waals surface area contributed by atoms with Crippen LogP contribution in [0.1, 0.15) is 16.8 Å². The maximum Gasteiger partial charge on any atom is 0.335 e. The molecule has 0 unspecified atom stereocenters. The van der Waals surface area contributed by atoms with Crippen molar-refractivity contribution in [2.45, 2.75) is 6.42 Å². The van der Waals surface area contributed by atoms with Crippen LogP contribution in [0.4, 0.5) is 5.69 Å². The molecule has 100 valence electrons. The molecule has 0 atom stereocenters. The second-order valence-electron chi connectivity index (χ2n) is 3.65. The molecule has 0 saturated heterocycles. The Balaban J connectivity index is 2.63. The topological polar surface area (TPSA) is 92.7 Å². The molecule has 0 bridgehead atoms. The minimum absolute atomic E-state index is 0.0402. The van der Waals surface area contributed by atoms with Crippen LogP contribution in [0.15, 0.2) is 24.3 Å². The third kappa shape index (κ3) is 4.72. The first-order valence-electron chi connectivity index (χ1n) is 5.27. The van der Waals surface area contributed by atoms with Gasteiger partial charge in [0.2, 0.25) is 10.0 Å². The Morgan fingerprint density at radius 3 is 2.44 bits per heavy atom. The van der Waals surface area contributed by atoms with Crippen LogP contribution in [0.2, 0.25) is 0 Å². The summed E-state index contributed by atoms with van der Waals surface area (Å²) in [5.74, 6) is -1.09. The molecule has 0 heterocycles. The Morgan fingerprint density at radius 1 is 1.33 bits per heavy atom. The molecule has 0 fully saturated rings. The van der Waals surface area contributed by atoms with E-state index < -0.39 is 16.0 Å². The molecule has 7 heteroatoms. The molecule has 1 aromatic rings. The predicted molar refractivity (Wildman–Crippen MR) is 67.3 cm³/mol. The van der Waals surface area contributed by atoms with Gasteiger partial charge in [0, 0.05) is 19.4 Å². The van der Waals surface area contributed by atoms with Crippen molar-refractivity contribution in [1.82, 2.24) is 0 Å². The van der Waals surface area contributed by atoms with Gasteiger partial charge in [0.15, 0.2) is 0 Å². The summed E-state index contributed by atoms with van der Waals surface area (Å²) in [6.45, 7) is 0.374. The first-order chi connectivity index (χ1) is 8.44. The fourth-order valence-corrected chi connectivity index (χ4v) is 2.40. The molecule has 0 aliphatic rings. The van der Waals surface area contributed by atoms with Crippen LogP contribution in [0.3, 0.4) is 0 Å². The van der Waals surface area contributed by atoms with Gasteiger partial charge in [-0.3, -0.25) is 4.72 Å². The van der Waals surface area contributed by atoms with Crippen molar-refractivity contribution in [2.24, 2.45) is 0 Å². The molecule has 0 radical (unpaired) electrons. The number of sulfonamides is 1. The van der Waals surface area contributed by atoms with Gasteiger partial charge < -0.3 is 9.84 Å². The zero-order valence-electron chi connectivity index (χ0n) is 9.92. The molecule has 0 aliphatic carbocycles. The van der Waals surface area contributed by atoms with E-state index in [2.05, 4.69) is 4.72 Å². The molecule has 0 aromatic heterocycles. The number of benzene rings is 1. The Hall–Kier alpha value is -1.60. The third-order valence-electron chi connectivity index (χ3n) is 2.17. The van der Waals surface area contributed by atoms with E-state index >= 15 is 0 Å². The number of carbonyl (C=O) groups is 1. The van der Waals surface area contributed by atoms with Gasteiger partial charge in [-0.1, -0.05) is 0 Å². The quantitative estimate of drug-likeness (QED) is 0.727. The van der Waals surface area contributed by atoms with Crippen LogP contribution in [-0.2, 0) is 14.8 Å². The first-order valence-corrected chi connectivity index (χ1v) is 6.92. The first kappa shape index (κ1) is 14.5. The summed E-state index contributed by atoms with van der Waals surface area (Å²) in [6, 6.07) is 5.51. The molecule has 0 saturated carbocycles. The van der Waals surface area contributed by atoms with Gasteiger partial charge in [0.25, 0.3) is 0 Å². The van der Waals surface area contributed by atoms with Crippen LogP contribution in [-0.4, -0.2) is 39.0 Å². The molecule has 6 nitrogen and oxygen atoms in total. The van der Waals surface area contributed by atoms with Crippen molar-refractivity contribution in [3.63, 3.8) is 0 Å². The highest BCUT2D eigenvalue weighted by Crippen LogP contribution is 2.11. The Kier molecular flexibility index (Phi) is 5.11. The van der Waals surface area contributed by atoms with Crippen molar-refractivity contribution >= 4 is 21.7 Å². The molecule has 1 aromatic carbocycles. The van der Waals surface area contributed by atoms with Crippen LogP contribution >= 0.6 is 0 Å². The summed E-state index contributed by atoms with van der Waals surface area (Å²) >= 11 is 0. The summed E-state index contributed by atoms with van der Waals surface area (Å²) in [5.41, 5.74) is 0.453. The van der Waals surface area contributed by atoms with E-state index in [0.29, 0.717) is 18.7 Å². The number of carboxylic acid groups (broad SMARTS) is 1. The normalized spacial score (nSPS) is 11.2. The number of rotatable bonds is 7. The van der Waals surface area contributed by atoms with Gasteiger partial charge >= 0.3 is 5.97 Å². The van der Waals surface area contributed by atoms with Gasteiger partial charge in [-0.2, -0.15) is 0 Å². The highest BCUT2D eigenvalue weighted by atomic mass is 32.2. The summed E-state index contributed by atoms with van der Waals surface area (Å²) in [6.07, 6.45) is 0.402. The maximum absolute atomic E-state index is 11.6. The number of hydrogen-bond donors (Lipinski definition) is 2. The molecular formula is C11H15NO5S. The fraction of sp³-hybridized carbons (Fsp3) is 0.364. The Bertz CT molecular complexity index is 495. The lowest BCUT2D eigenvalue weighted by Gasteiger charge is -2.07. The summed E-state index contributed by atoms with van der Waals surface area (Å²) in [5, 5.41) is 8.70. The predicted octanol–water partition coefficient (Wildman–Crippen LogP) is 1.16. The van der Waals surface area contributed by atoms with Crippen molar-refractivity contribution in [1.29, 1.82) is 0 Å². The van der Waals surface area contributed by atoms with E-state index in [-0.39, 0.29) is 11.3 Å². The van der Waals surface area contributed by atoms with Crippen LogP contribution < -0.4 is 4.72 Å². The summed E-state index contributed by atoms with van der Waals surface area (Å²) < 4.78 is 30.4. The summed E-state index contributed by atoms with van der Waals surface area (Å²) in [4.78, 5) is 10.6. The second kappa shape index (κ2) is 6.36. The number of hydrogen-bond acceptors (Lipinski definition) is 4. The lowest BCUT2D eigenvalue weighted by molar-refractivity contribution is 0.0697. The van der Waals surface area contributed by atoms with E-state index in [1.54, 1.807) is 0 Å². The average Bonchev–Trinajstić information content (AvgIpc) is 2.29. The smallest absolute Gasteiger partial charge is 0.335 e. The molecule has 0 aliphatic heterocycles. The molecule has 18 heavy (non-hydrogen) atoms. The minimum atomic E-state index is -3.42. The number of anilines is 1. The van der Waals surface area contributed by atoms with Crippen LogP contribution in [0.5, 0.6) is 0 Å². The zero-order chi connectivity index (χ0) is 13.6. The number of ether oxygens (including phenoxy) is 1. The van der Waals surface area contributed by atoms with Gasteiger partial charge in [0.05, 0.1) is 11.3 Å². The zero-order valence-corrected chi connectivity index (χ0v) is 10.7. The SMILES string of the molecule is COCCCS(=O)(=O)Nc1ccc(C(=O)O)cc1. The van der Waals surface area contributed by atoms with Crippen molar-refractivity contribution < 1.29 is 23.1 Å². The van der Waals surface area contributed by atoms with Gasteiger partial charge in [-0.25, -0.2) is 13.2 Å². The van der Waals surface area contributed by atoms with E-state index in [1.807, 2.05) is 0 Å². The highest BCUT2D eigenvalue weighted by Gasteiger charge is 2.10. The maximum atomic E-state index is 11.6. The molecule has 1 rings (SSSR count). The van der Waals surface area contributed by atoms with Crippen molar-refractivity contribution in [3.05, 3.63) is 29.8 Å². The van der Waals surface area contributed by atoms with Gasteiger partial charge in [-0.15, -0.1) is 0 Å². The Morgan fingerprint density at radius 2 is 1.94 bits per heavy atom. The lowest BCUT2D eigenvalue weighted by atomic mass is 10.2. The van der Waals surface area contributed by atoms with Gasteiger partial charge in [0.1, 0.15) is 0 Å². The third-order valence-corrected chi connectivity index (χ3v) is 3.54. The van der Waals surface area contributed by atoms with E-state index in [0.717, 1.165) is 0 Å². The molecule has 2 N–H and O–H groups in total. The van der Waals surface area contributed by atoms with Crippen molar-refractivity contribution in [3.8, 4) is 0 Å². The standard InChI is InChI=1S/C11H15NO5S/c1-17-7-2-8-18(15,16)12-10-5-3-9(4-6-10)11(13)14/h3-6,12H,2,7-8H2,1H3,(H,13,14). The van der Waals surface area contributed by atoms with E-state index in [4.69, 9.17) is 9.84 Å². The summed E-state index contributed by atoms with van der Waals surface area (Å²) in [7, 11) is -1.91. The van der Waals surface area contributed by atoms with E-state index in [1.165, 1.54) is 31.4 Å². The number of carboxylic acids is 1. The van der Waals surface area contributed by atoms with Crippen molar-refractivity contribution in [2.75, 3.05) is 24.2 Å². The second-order valence-corrected chi connectivity index (χ2v) is 5.49. The number of methoxy groups -OCH3 is 1. The van der Waals surface area contributed by atoms with Crippen LogP contribution in [0.25, 0.3) is 0 Å². The molecule has 0 amide bonds. The van der Waals surface area contributed by atoms with Gasteiger partial charge in [-0.05, 0) is 30.7 Å². The minimum Gasteiger partial charge on any atom is -0.478 e. The monoisotopic (exact) mass is 273 g/mol. The number of nitrogens with one attached hydrogen (secondary N) is 1. The average molecular weight is 273 g/mol. The molecule has 0 spiro atoms. The molecular weight excluding hydrogens is 258 g/mol. The largest absolute Gasteiger partial charge is 0.478 e. The Labute approximate surface area is 106 Å². The highest BCUT2D eigenvalue weighted by molar-refractivity contribution is 7.92. The lowest BCUT2D eigenvalue weighted by Crippen LogP contribution is -2.17. The number of aromatic carboxylic acids is 1. The van der Waals surface area contributed by atoms with Crippen LogP contribution in [0, 0.1) is 0 Å². The fourth-order valence-electron chi connectivity index (χ4n) is 1.30.